The second-order valence-electron chi connectivity index (χ2n) is 6.07. The lowest BCUT2D eigenvalue weighted by molar-refractivity contribution is -0.132. The van der Waals surface area contributed by atoms with Crippen LogP contribution in [0, 0.1) is 11.7 Å². The highest BCUT2D eigenvalue weighted by Gasteiger charge is 2.38. The number of nitrogens with one attached hydrogen (secondary N) is 1. The number of hydrogen-bond acceptors (Lipinski definition) is 2. The van der Waals surface area contributed by atoms with Crippen molar-refractivity contribution in [2.24, 2.45) is 5.92 Å². The first-order valence-electron chi connectivity index (χ1n) is 8.09. The van der Waals surface area contributed by atoms with Crippen molar-refractivity contribution in [2.45, 2.75) is 19.4 Å². The molecule has 0 spiro atoms. The maximum Gasteiger partial charge on any atom is 0.239 e. The lowest BCUT2D eigenvalue weighted by atomic mass is 10.0. The van der Waals surface area contributed by atoms with Crippen molar-refractivity contribution in [1.29, 1.82) is 0 Å². The molecule has 1 fully saturated rings. The van der Waals surface area contributed by atoms with Gasteiger partial charge in [0.2, 0.25) is 11.8 Å². The van der Waals surface area contributed by atoms with Crippen LogP contribution in [0.2, 0.25) is 5.02 Å². The van der Waals surface area contributed by atoms with E-state index >= 15 is 0 Å². The smallest absolute Gasteiger partial charge is 0.239 e. The van der Waals surface area contributed by atoms with Gasteiger partial charge in [-0.1, -0.05) is 41.9 Å². The van der Waals surface area contributed by atoms with Crippen LogP contribution in [0.15, 0.2) is 48.5 Å². The van der Waals surface area contributed by atoms with Gasteiger partial charge in [-0.05, 0) is 37.1 Å². The molecular weight excluding hydrogens is 343 g/mol. The Morgan fingerprint density at radius 3 is 2.68 bits per heavy atom. The van der Waals surface area contributed by atoms with E-state index < -0.39 is 11.7 Å². The number of carbonyl (C=O) groups is 2. The van der Waals surface area contributed by atoms with Crippen molar-refractivity contribution >= 4 is 29.1 Å². The van der Waals surface area contributed by atoms with Crippen molar-refractivity contribution in [1.82, 2.24) is 5.32 Å². The topological polar surface area (TPSA) is 49.4 Å². The zero-order chi connectivity index (χ0) is 18.0. The predicted octanol–water partition coefficient (Wildman–Crippen LogP) is 3.71. The highest BCUT2D eigenvalue weighted by molar-refractivity contribution is 6.30. The fourth-order valence-corrected chi connectivity index (χ4v) is 3.16. The Labute approximate surface area is 150 Å². The lowest BCUT2D eigenvalue weighted by Gasteiger charge is -2.19. The number of hydrogen-bond donors (Lipinski definition) is 1. The van der Waals surface area contributed by atoms with Gasteiger partial charge in [-0.15, -0.1) is 0 Å². The molecule has 1 saturated heterocycles. The first-order chi connectivity index (χ1) is 12.0. The van der Waals surface area contributed by atoms with Gasteiger partial charge < -0.3 is 10.2 Å². The number of carbonyl (C=O) groups excluding carboxylic acids is 2. The molecule has 0 unspecified atom stereocenters. The molecule has 0 saturated carbocycles. The first kappa shape index (κ1) is 17.4. The average Bonchev–Trinajstić information content (AvgIpc) is 2.97. The molecule has 4 nitrogen and oxygen atoms in total. The minimum Gasteiger partial charge on any atom is -0.349 e. The largest absolute Gasteiger partial charge is 0.349 e. The molecule has 0 radical (unpaired) electrons. The molecule has 1 N–H and O–H groups in total. The molecule has 1 heterocycles. The third-order valence-corrected chi connectivity index (χ3v) is 4.62. The predicted molar refractivity (Wildman–Crippen MR) is 94.9 cm³/mol. The monoisotopic (exact) mass is 360 g/mol. The van der Waals surface area contributed by atoms with Gasteiger partial charge in [-0.2, -0.15) is 0 Å². The molecule has 3 rings (SSSR count). The Morgan fingerprint density at radius 1 is 1.28 bits per heavy atom. The number of benzene rings is 2. The first-order valence-corrected chi connectivity index (χ1v) is 8.47. The van der Waals surface area contributed by atoms with Crippen LogP contribution in [-0.4, -0.2) is 18.4 Å². The van der Waals surface area contributed by atoms with E-state index in [2.05, 4.69) is 5.32 Å². The fourth-order valence-electron chi connectivity index (χ4n) is 3.00. The highest BCUT2D eigenvalue weighted by Crippen LogP contribution is 2.29. The average molecular weight is 361 g/mol. The van der Waals surface area contributed by atoms with Crippen molar-refractivity contribution < 1.29 is 14.0 Å². The molecule has 130 valence electrons. The van der Waals surface area contributed by atoms with Crippen LogP contribution in [0.3, 0.4) is 0 Å². The third-order valence-electron chi connectivity index (χ3n) is 4.38. The van der Waals surface area contributed by atoms with Gasteiger partial charge in [-0.25, -0.2) is 4.39 Å². The van der Waals surface area contributed by atoms with E-state index in [1.165, 1.54) is 17.0 Å². The van der Waals surface area contributed by atoms with E-state index in [0.29, 0.717) is 13.0 Å². The molecule has 2 aromatic carbocycles. The summed E-state index contributed by atoms with van der Waals surface area (Å²) < 4.78 is 14.1. The maximum absolute atomic E-state index is 14.1. The van der Waals surface area contributed by atoms with Crippen LogP contribution in [0.5, 0.6) is 0 Å². The van der Waals surface area contributed by atoms with E-state index in [1.54, 1.807) is 0 Å². The normalized spacial score (nSPS) is 18.3. The molecule has 2 amide bonds. The number of halogens is 2. The summed E-state index contributed by atoms with van der Waals surface area (Å²) >= 11 is 5.75. The molecule has 25 heavy (non-hydrogen) atoms. The molecule has 1 aliphatic rings. The minimum atomic E-state index is -0.804. The Hall–Kier alpha value is -2.40. The molecule has 0 bridgehead atoms. The number of rotatable bonds is 4. The van der Waals surface area contributed by atoms with Gasteiger partial charge in [0.1, 0.15) is 11.7 Å². The highest BCUT2D eigenvalue weighted by atomic mass is 35.5. The summed E-state index contributed by atoms with van der Waals surface area (Å²) in [5.41, 5.74) is 1.11. The van der Waals surface area contributed by atoms with Crippen LogP contribution in [0.4, 0.5) is 10.1 Å². The lowest BCUT2D eigenvalue weighted by Crippen LogP contribution is -2.38. The van der Waals surface area contributed by atoms with E-state index in [-0.39, 0.29) is 28.6 Å². The van der Waals surface area contributed by atoms with E-state index in [9.17, 15) is 14.0 Å². The molecule has 1 aliphatic heterocycles. The van der Waals surface area contributed by atoms with Crippen LogP contribution in [0.1, 0.15) is 24.9 Å². The van der Waals surface area contributed by atoms with Crippen molar-refractivity contribution in [3.05, 3.63) is 64.9 Å². The van der Waals surface area contributed by atoms with Gasteiger partial charge in [-0.3, -0.25) is 9.59 Å². The van der Waals surface area contributed by atoms with Gasteiger partial charge in [0.15, 0.2) is 0 Å². The Kier molecular flexibility index (Phi) is 5.04. The van der Waals surface area contributed by atoms with Crippen molar-refractivity contribution in [2.75, 3.05) is 11.4 Å². The summed E-state index contributed by atoms with van der Waals surface area (Å²) in [6, 6.07) is 13.5. The summed E-state index contributed by atoms with van der Waals surface area (Å²) in [5.74, 6) is -2.10. The standard InChI is InChI=1S/C19H18ClFN2O2/c1-12(13-5-3-2-4-6-13)22-18(24)15-9-10-23(19(15)25)17-8-7-14(20)11-16(17)21/h2-8,11-12,15H,9-10H2,1H3,(H,22,24)/t12-,15+/m0/s1. The molecule has 6 heteroatoms. The van der Waals surface area contributed by atoms with Crippen LogP contribution in [-0.2, 0) is 9.59 Å². The molecule has 2 aromatic rings. The Morgan fingerprint density at radius 2 is 2.00 bits per heavy atom. The van der Waals surface area contributed by atoms with Crippen molar-refractivity contribution in [3.63, 3.8) is 0 Å². The molecule has 0 aliphatic carbocycles. The SMILES string of the molecule is C[C@H](NC(=O)[C@H]1CCN(c2ccc(Cl)cc2F)C1=O)c1ccccc1. The zero-order valence-corrected chi connectivity index (χ0v) is 14.5. The summed E-state index contributed by atoms with van der Waals surface area (Å²) in [6.45, 7) is 2.17. The Balaban J connectivity index is 1.70. The molecule has 2 atom stereocenters. The van der Waals surface area contributed by atoms with Crippen LogP contribution >= 0.6 is 11.6 Å². The van der Waals surface area contributed by atoms with Crippen molar-refractivity contribution in [3.8, 4) is 0 Å². The maximum atomic E-state index is 14.1. The van der Waals surface area contributed by atoms with Gasteiger partial charge in [0, 0.05) is 11.6 Å². The van der Waals surface area contributed by atoms with E-state index in [0.717, 1.165) is 11.6 Å². The number of amides is 2. The minimum absolute atomic E-state index is 0.154. The van der Waals surface area contributed by atoms with Gasteiger partial charge in [0.05, 0.1) is 11.7 Å². The van der Waals surface area contributed by atoms with Gasteiger partial charge in [0.25, 0.3) is 0 Å². The second kappa shape index (κ2) is 7.23. The molecular formula is C19H18ClFN2O2. The quantitative estimate of drug-likeness (QED) is 0.845. The summed E-state index contributed by atoms with van der Waals surface area (Å²) in [4.78, 5) is 26.4. The number of anilines is 1. The Bertz CT molecular complexity index is 797. The van der Waals surface area contributed by atoms with E-state index in [4.69, 9.17) is 11.6 Å². The summed E-state index contributed by atoms with van der Waals surface area (Å²) in [6.07, 6.45) is 0.355. The third kappa shape index (κ3) is 3.66. The number of nitrogens with zero attached hydrogens (tertiary/aromatic N) is 1. The summed E-state index contributed by atoms with van der Waals surface area (Å²) in [7, 11) is 0. The van der Waals surface area contributed by atoms with Gasteiger partial charge >= 0.3 is 0 Å². The molecule has 0 aromatic heterocycles. The fraction of sp³-hybridized carbons (Fsp3) is 0.263. The van der Waals surface area contributed by atoms with E-state index in [1.807, 2.05) is 37.3 Å². The van der Waals surface area contributed by atoms with Crippen LogP contribution < -0.4 is 10.2 Å². The zero-order valence-electron chi connectivity index (χ0n) is 13.7. The summed E-state index contributed by atoms with van der Waals surface area (Å²) in [5, 5.41) is 3.13. The second-order valence-corrected chi connectivity index (χ2v) is 6.50. The van der Waals surface area contributed by atoms with Crippen LogP contribution in [0.25, 0.3) is 0 Å².